The summed E-state index contributed by atoms with van der Waals surface area (Å²) in [4.78, 5) is 72.8. The third-order valence-electron chi connectivity index (χ3n) is 15.5. The fourth-order valence-electron chi connectivity index (χ4n) is 9.71. The molecule has 0 heterocycles. The molecule has 0 aromatic carbocycles. The summed E-state index contributed by atoms with van der Waals surface area (Å²) < 4.78 is 68.4. The van der Waals surface area contributed by atoms with Crippen LogP contribution in [-0.4, -0.2) is 96.7 Å². The Bertz CT molecular complexity index is 2200. The summed E-state index contributed by atoms with van der Waals surface area (Å²) in [5, 5.41) is 10.6. The molecule has 0 rings (SSSR count). The van der Waals surface area contributed by atoms with Crippen LogP contribution in [0.5, 0.6) is 0 Å². The van der Waals surface area contributed by atoms with Gasteiger partial charge >= 0.3 is 39.5 Å². The van der Waals surface area contributed by atoms with Gasteiger partial charge in [0, 0.05) is 25.7 Å². The van der Waals surface area contributed by atoms with Crippen molar-refractivity contribution in [2.24, 2.45) is 0 Å². The average Bonchev–Trinajstić information content (AvgIpc) is 1.17. The van der Waals surface area contributed by atoms with E-state index in [1.54, 1.807) is 0 Å². The second kappa shape index (κ2) is 69.5. The first kappa shape index (κ1) is 92.0. The minimum absolute atomic E-state index is 0.0750. The van der Waals surface area contributed by atoms with Gasteiger partial charge in [-0.2, -0.15) is 0 Å². The van der Waals surface area contributed by atoms with Crippen molar-refractivity contribution in [2.75, 3.05) is 39.6 Å². The zero-order valence-corrected chi connectivity index (χ0v) is 62.1. The molecular formula is C77H134O17P2. The molecule has 96 heavy (non-hydrogen) atoms. The van der Waals surface area contributed by atoms with Crippen LogP contribution < -0.4 is 0 Å². The minimum Gasteiger partial charge on any atom is -0.462 e. The van der Waals surface area contributed by atoms with Gasteiger partial charge in [0.05, 0.1) is 26.4 Å². The molecule has 0 fully saturated rings. The lowest BCUT2D eigenvalue weighted by Crippen LogP contribution is -2.30. The van der Waals surface area contributed by atoms with E-state index in [1.165, 1.54) is 38.5 Å². The van der Waals surface area contributed by atoms with Gasteiger partial charge in [0.25, 0.3) is 0 Å². The Morgan fingerprint density at radius 3 is 0.812 bits per heavy atom. The maximum atomic E-state index is 13.1. The topological polar surface area (TPSA) is 237 Å². The predicted octanol–water partition coefficient (Wildman–Crippen LogP) is 21.2. The number of ether oxygens (including phenoxy) is 4. The third kappa shape index (κ3) is 68.5. The van der Waals surface area contributed by atoms with E-state index in [0.29, 0.717) is 25.7 Å². The molecule has 0 aliphatic carbocycles. The number of carbonyl (C=O) groups is 4. The van der Waals surface area contributed by atoms with Crippen LogP contribution >= 0.6 is 15.6 Å². The summed E-state index contributed by atoms with van der Waals surface area (Å²) >= 11 is 0. The molecule has 3 N–H and O–H groups in total. The quantitative estimate of drug-likeness (QED) is 0.0169. The number of hydrogen-bond donors (Lipinski definition) is 3. The van der Waals surface area contributed by atoms with Gasteiger partial charge in [-0.1, -0.05) is 240 Å². The minimum atomic E-state index is -4.98. The van der Waals surface area contributed by atoms with Gasteiger partial charge in [0.2, 0.25) is 0 Å². The van der Waals surface area contributed by atoms with E-state index in [-0.39, 0.29) is 25.7 Å². The third-order valence-corrected chi connectivity index (χ3v) is 17.4. The average molecular weight is 1390 g/mol. The maximum absolute atomic E-state index is 13.1. The summed E-state index contributed by atoms with van der Waals surface area (Å²) in [6.07, 6.45) is 71.1. The molecule has 554 valence electrons. The van der Waals surface area contributed by atoms with Crippen LogP contribution in [0.1, 0.15) is 310 Å². The summed E-state index contributed by atoms with van der Waals surface area (Å²) in [6.45, 7) is 4.63. The number of allylic oxidation sites excluding steroid dienone is 16. The number of carbonyl (C=O) groups excluding carboxylic acids is 4. The largest absolute Gasteiger partial charge is 0.472 e. The van der Waals surface area contributed by atoms with Gasteiger partial charge in [-0.3, -0.25) is 37.3 Å². The van der Waals surface area contributed by atoms with Crippen molar-refractivity contribution in [1.82, 2.24) is 0 Å². The molecule has 0 saturated heterocycles. The molecule has 0 radical (unpaired) electrons. The molecule has 0 aromatic rings. The van der Waals surface area contributed by atoms with E-state index in [1.807, 2.05) is 0 Å². The Labute approximate surface area is 582 Å². The van der Waals surface area contributed by atoms with Crippen LogP contribution in [0.25, 0.3) is 0 Å². The molecule has 0 aliphatic rings. The number of hydrogen-bond acceptors (Lipinski definition) is 15. The maximum Gasteiger partial charge on any atom is 0.472 e. The second-order valence-electron chi connectivity index (χ2n) is 24.9. The van der Waals surface area contributed by atoms with Gasteiger partial charge in [-0.25, -0.2) is 9.13 Å². The number of aliphatic hydroxyl groups excluding tert-OH is 1. The number of phosphoric acid groups is 2. The highest BCUT2D eigenvalue weighted by molar-refractivity contribution is 7.47. The molecule has 0 amide bonds. The Morgan fingerprint density at radius 2 is 0.531 bits per heavy atom. The van der Waals surface area contributed by atoms with Crippen molar-refractivity contribution in [3.8, 4) is 0 Å². The zero-order chi connectivity index (χ0) is 70.4. The number of esters is 4. The van der Waals surface area contributed by atoms with Crippen molar-refractivity contribution in [1.29, 1.82) is 0 Å². The van der Waals surface area contributed by atoms with Gasteiger partial charge in [-0.05, 0) is 141 Å². The summed E-state index contributed by atoms with van der Waals surface area (Å²) in [5.41, 5.74) is 0. The predicted molar refractivity (Wildman–Crippen MR) is 390 cm³/mol. The number of rotatable bonds is 70. The number of phosphoric ester groups is 2. The molecule has 5 atom stereocenters. The SMILES string of the molecule is CCC/C=C\C/C=C\CCCCCCCC(=O)OCC(COP(=O)(O)OCC(O)COP(=O)(O)OCC(COC(=O)CCCCCCC/C=C\C/C=C\CCCCC)OC(=O)CCCCCCC/C=C\C/C=C\CCCCC)OC(=O)CCCCCCC/C=C\C/C=C\CCC. The molecule has 0 spiro atoms. The number of aliphatic hydroxyl groups is 1. The van der Waals surface area contributed by atoms with E-state index in [9.17, 15) is 43.2 Å². The highest BCUT2D eigenvalue weighted by Gasteiger charge is 2.30. The van der Waals surface area contributed by atoms with Crippen LogP contribution in [-0.2, 0) is 65.4 Å². The van der Waals surface area contributed by atoms with E-state index in [2.05, 4.69) is 125 Å². The summed E-state index contributed by atoms with van der Waals surface area (Å²) in [7, 11) is -9.96. The lowest BCUT2D eigenvalue weighted by Gasteiger charge is -2.21. The molecule has 5 unspecified atom stereocenters. The van der Waals surface area contributed by atoms with E-state index in [0.717, 1.165) is 193 Å². The van der Waals surface area contributed by atoms with Crippen LogP contribution in [0.4, 0.5) is 0 Å². The van der Waals surface area contributed by atoms with Gasteiger partial charge in [0.1, 0.15) is 19.3 Å². The number of unbranched alkanes of at least 4 members (excludes halogenated alkanes) is 28. The van der Waals surface area contributed by atoms with Crippen molar-refractivity contribution < 1.29 is 80.2 Å². The lowest BCUT2D eigenvalue weighted by atomic mass is 10.1. The van der Waals surface area contributed by atoms with E-state index < -0.39 is 97.5 Å². The fraction of sp³-hybridized carbons (Fsp3) is 0.740. The Balaban J connectivity index is 5.38. The highest BCUT2D eigenvalue weighted by atomic mass is 31.2. The Kier molecular flexibility index (Phi) is 66.6. The van der Waals surface area contributed by atoms with Crippen molar-refractivity contribution in [3.63, 3.8) is 0 Å². The molecule has 19 heteroatoms. The zero-order valence-electron chi connectivity index (χ0n) is 60.3. The standard InChI is InChI=1S/C77H134O17P2/c1-5-9-13-17-21-25-29-33-35-39-42-46-50-54-58-62-75(80)88-68-73(94-77(82)64-60-56-52-48-44-40-36-34-30-26-22-18-14-10-6-2)70-92-96(85,86)90-66-71(78)65-89-95(83,84)91-69-72(93-76(81)63-59-55-51-47-43-38-32-28-24-20-16-12-8-4)67-87-74(79)61-57-53-49-45-41-37-31-27-23-19-15-11-7-3/h15-16,19-22,25-28,31-36,71-73,78H,5-14,17-18,23-24,29-30,37-70H2,1-4H3,(H,83,84)(H,85,86)/b19-15-,20-16-,25-21-,26-22-,31-27-,32-28-,35-33-,36-34-. The second-order valence-corrected chi connectivity index (χ2v) is 27.8. The summed E-state index contributed by atoms with van der Waals surface area (Å²) in [5.74, 6) is -2.23. The molecule has 17 nitrogen and oxygen atoms in total. The lowest BCUT2D eigenvalue weighted by molar-refractivity contribution is -0.161. The highest BCUT2D eigenvalue weighted by Crippen LogP contribution is 2.45. The fourth-order valence-corrected chi connectivity index (χ4v) is 11.3. The van der Waals surface area contributed by atoms with Crippen LogP contribution in [0.15, 0.2) is 97.2 Å². The van der Waals surface area contributed by atoms with Gasteiger partial charge in [0.15, 0.2) is 12.2 Å². The van der Waals surface area contributed by atoms with E-state index >= 15 is 0 Å². The van der Waals surface area contributed by atoms with Crippen molar-refractivity contribution >= 4 is 39.5 Å². The van der Waals surface area contributed by atoms with Crippen LogP contribution in [0.2, 0.25) is 0 Å². The molecular weight excluding hydrogens is 1260 g/mol. The first-order valence-electron chi connectivity index (χ1n) is 37.5. The molecule has 0 saturated carbocycles. The van der Waals surface area contributed by atoms with Gasteiger partial charge in [-0.15, -0.1) is 0 Å². The molecule has 0 aliphatic heterocycles. The van der Waals surface area contributed by atoms with Crippen LogP contribution in [0.3, 0.4) is 0 Å². The van der Waals surface area contributed by atoms with Gasteiger partial charge < -0.3 is 33.8 Å². The van der Waals surface area contributed by atoms with Crippen molar-refractivity contribution in [2.45, 2.75) is 329 Å². The first-order valence-corrected chi connectivity index (χ1v) is 40.5. The van der Waals surface area contributed by atoms with E-state index in [4.69, 9.17) is 37.0 Å². The smallest absolute Gasteiger partial charge is 0.462 e. The monoisotopic (exact) mass is 1390 g/mol. The summed E-state index contributed by atoms with van der Waals surface area (Å²) in [6, 6.07) is 0. The molecule has 0 aromatic heterocycles. The first-order chi connectivity index (χ1) is 46.7. The Hall–Kier alpha value is -4.02. The molecule has 0 bridgehead atoms. The normalized spacial score (nSPS) is 14.5. The van der Waals surface area contributed by atoms with Crippen molar-refractivity contribution in [3.05, 3.63) is 97.2 Å². The van der Waals surface area contributed by atoms with Crippen LogP contribution in [0, 0.1) is 0 Å². The Morgan fingerprint density at radius 1 is 0.292 bits per heavy atom.